The lowest BCUT2D eigenvalue weighted by molar-refractivity contribution is -0.138. The zero-order chi connectivity index (χ0) is 9.68. The molecule has 0 bridgehead atoms. The maximum absolute atomic E-state index is 11.4. The molecule has 0 atom stereocenters. The molecule has 1 rings (SSSR count). The van der Waals surface area contributed by atoms with Crippen molar-refractivity contribution in [2.24, 2.45) is 0 Å². The van der Waals surface area contributed by atoms with Gasteiger partial charge in [0.2, 0.25) is 0 Å². The third kappa shape index (κ3) is 2.76. The number of carbonyl (C=O) groups is 1. The average Bonchev–Trinajstić information content (AvgIpc) is 2.54. The van der Waals surface area contributed by atoms with Gasteiger partial charge in [0, 0.05) is 11.3 Å². The molecule has 0 unspecified atom stereocenters. The van der Waals surface area contributed by atoms with Gasteiger partial charge in [0.15, 0.2) is 0 Å². The second kappa shape index (κ2) is 5.32. The quantitative estimate of drug-likeness (QED) is 0.653. The Kier molecular flexibility index (Phi) is 4.36. The molecule has 0 aromatic rings. The summed E-state index contributed by atoms with van der Waals surface area (Å²) in [6.07, 6.45) is 3.02. The molecule has 0 amide bonds. The maximum atomic E-state index is 11.4. The highest BCUT2D eigenvalue weighted by atomic mass is 32.2. The minimum Gasteiger partial charge on any atom is -0.463 e. The summed E-state index contributed by atoms with van der Waals surface area (Å²) in [5, 5.41) is 0. The number of carbonyl (C=O) groups excluding carboxylic acids is 1. The van der Waals surface area contributed by atoms with E-state index in [4.69, 9.17) is 4.74 Å². The summed E-state index contributed by atoms with van der Waals surface area (Å²) in [5.41, 5.74) is 0.925. The van der Waals surface area contributed by atoms with E-state index in [0.29, 0.717) is 6.61 Å². The van der Waals surface area contributed by atoms with Crippen molar-refractivity contribution in [2.75, 3.05) is 12.4 Å². The van der Waals surface area contributed by atoms with Crippen molar-refractivity contribution in [3.05, 3.63) is 10.5 Å². The molecular weight excluding hydrogens is 184 g/mol. The SMILES string of the molecule is CCCC1=C(C(=O)OCC)CCS1. The molecule has 0 fully saturated rings. The van der Waals surface area contributed by atoms with Gasteiger partial charge in [0.25, 0.3) is 0 Å². The second-order valence-corrected chi connectivity index (χ2v) is 4.16. The predicted molar refractivity (Wildman–Crippen MR) is 55.6 cm³/mol. The van der Waals surface area contributed by atoms with Crippen LogP contribution in [-0.4, -0.2) is 18.3 Å². The zero-order valence-electron chi connectivity index (χ0n) is 8.26. The third-order valence-corrected chi connectivity index (χ3v) is 3.17. The Bertz CT molecular complexity index is 221. The van der Waals surface area contributed by atoms with E-state index in [1.54, 1.807) is 0 Å². The van der Waals surface area contributed by atoms with E-state index in [1.165, 1.54) is 4.91 Å². The minimum absolute atomic E-state index is 0.101. The van der Waals surface area contributed by atoms with Crippen LogP contribution in [0.1, 0.15) is 33.1 Å². The van der Waals surface area contributed by atoms with Crippen LogP contribution < -0.4 is 0 Å². The van der Waals surface area contributed by atoms with Crippen LogP contribution in [-0.2, 0) is 9.53 Å². The summed E-state index contributed by atoms with van der Waals surface area (Å²) in [5.74, 6) is 0.944. The summed E-state index contributed by atoms with van der Waals surface area (Å²) < 4.78 is 4.99. The van der Waals surface area contributed by atoms with Crippen LogP contribution in [0.25, 0.3) is 0 Å². The number of allylic oxidation sites excluding steroid dienone is 1. The molecule has 1 aliphatic heterocycles. The van der Waals surface area contributed by atoms with Crippen LogP contribution in [0.5, 0.6) is 0 Å². The Hall–Kier alpha value is -0.440. The summed E-state index contributed by atoms with van der Waals surface area (Å²) in [7, 11) is 0. The van der Waals surface area contributed by atoms with Gasteiger partial charge >= 0.3 is 5.97 Å². The topological polar surface area (TPSA) is 26.3 Å². The molecule has 0 spiro atoms. The lowest BCUT2D eigenvalue weighted by atomic mass is 10.1. The monoisotopic (exact) mass is 200 g/mol. The van der Waals surface area contributed by atoms with Crippen LogP contribution in [0.15, 0.2) is 10.5 Å². The van der Waals surface area contributed by atoms with Crippen molar-refractivity contribution in [1.29, 1.82) is 0 Å². The van der Waals surface area contributed by atoms with E-state index in [2.05, 4.69) is 6.92 Å². The van der Waals surface area contributed by atoms with E-state index in [1.807, 2.05) is 18.7 Å². The van der Waals surface area contributed by atoms with Crippen molar-refractivity contribution < 1.29 is 9.53 Å². The van der Waals surface area contributed by atoms with E-state index < -0.39 is 0 Å². The first-order valence-corrected chi connectivity index (χ1v) is 5.80. The normalized spacial score (nSPS) is 16.5. The smallest absolute Gasteiger partial charge is 0.334 e. The number of thioether (sulfide) groups is 1. The van der Waals surface area contributed by atoms with Crippen molar-refractivity contribution in [2.45, 2.75) is 33.1 Å². The van der Waals surface area contributed by atoms with Crippen molar-refractivity contribution in [3.8, 4) is 0 Å². The Balaban J connectivity index is 2.63. The lowest BCUT2D eigenvalue weighted by Gasteiger charge is -2.04. The summed E-state index contributed by atoms with van der Waals surface area (Å²) in [6.45, 7) is 4.46. The predicted octanol–water partition coefficient (Wildman–Crippen LogP) is 2.74. The number of esters is 1. The fourth-order valence-corrected chi connectivity index (χ4v) is 2.65. The molecule has 0 radical (unpaired) electrons. The van der Waals surface area contributed by atoms with Crippen molar-refractivity contribution >= 4 is 17.7 Å². The molecule has 0 aromatic carbocycles. The largest absolute Gasteiger partial charge is 0.463 e. The van der Waals surface area contributed by atoms with Gasteiger partial charge in [-0.1, -0.05) is 13.3 Å². The molecule has 74 valence electrons. The van der Waals surface area contributed by atoms with Crippen LogP contribution in [0.4, 0.5) is 0 Å². The zero-order valence-corrected chi connectivity index (χ0v) is 9.08. The Labute approximate surface area is 83.7 Å². The van der Waals surface area contributed by atoms with Gasteiger partial charge in [0.1, 0.15) is 0 Å². The molecule has 2 nitrogen and oxygen atoms in total. The first-order valence-electron chi connectivity index (χ1n) is 4.81. The molecule has 0 N–H and O–H groups in total. The summed E-state index contributed by atoms with van der Waals surface area (Å²) >= 11 is 1.81. The molecular formula is C10H16O2S. The molecule has 0 saturated carbocycles. The fourth-order valence-electron chi connectivity index (χ4n) is 1.39. The van der Waals surface area contributed by atoms with Crippen LogP contribution in [0.3, 0.4) is 0 Å². The van der Waals surface area contributed by atoms with Crippen LogP contribution >= 0.6 is 11.8 Å². The van der Waals surface area contributed by atoms with E-state index >= 15 is 0 Å². The molecule has 1 aliphatic rings. The molecule has 3 heteroatoms. The maximum Gasteiger partial charge on any atom is 0.334 e. The first kappa shape index (κ1) is 10.6. The van der Waals surface area contributed by atoms with Crippen LogP contribution in [0.2, 0.25) is 0 Å². The van der Waals surface area contributed by atoms with Gasteiger partial charge in [-0.15, -0.1) is 11.8 Å². The van der Waals surface area contributed by atoms with Gasteiger partial charge in [0.05, 0.1) is 6.61 Å². The van der Waals surface area contributed by atoms with Gasteiger partial charge in [-0.05, 0) is 24.7 Å². The summed E-state index contributed by atoms with van der Waals surface area (Å²) in [6, 6.07) is 0. The van der Waals surface area contributed by atoms with E-state index in [-0.39, 0.29) is 5.97 Å². The molecule has 1 heterocycles. The van der Waals surface area contributed by atoms with Gasteiger partial charge in [-0.2, -0.15) is 0 Å². The highest BCUT2D eigenvalue weighted by molar-refractivity contribution is 8.03. The molecule has 13 heavy (non-hydrogen) atoms. The minimum atomic E-state index is -0.101. The second-order valence-electron chi connectivity index (χ2n) is 2.97. The van der Waals surface area contributed by atoms with Crippen molar-refractivity contribution in [1.82, 2.24) is 0 Å². The third-order valence-electron chi connectivity index (χ3n) is 1.96. The summed E-state index contributed by atoms with van der Waals surface area (Å²) in [4.78, 5) is 12.7. The molecule has 0 aliphatic carbocycles. The van der Waals surface area contributed by atoms with Crippen molar-refractivity contribution in [3.63, 3.8) is 0 Å². The fraction of sp³-hybridized carbons (Fsp3) is 0.700. The Morgan fingerprint density at radius 1 is 1.54 bits per heavy atom. The Morgan fingerprint density at radius 3 is 2.92 bits per heavy atom. The van der Waals surface area contributed by atoms with E-state index in [9.17, 15) is 4.79 Å². The standard InChI is InChI=1S/C10H16O2S/c1-3-5-9-8(6-7-13-9)10(11)12-4-2/h3-7H2,1-2H3. The average molecular weight is 200 g/mol. The Morgan fingerprint density at radius 2 is 2.31 bits per heavy atom. The van der Waals surface area contributed by atoms with E-state index in [0.717, 1.165) is 30.6 Å². The van der Waals surface area contributed by atoms with Crippen LogP contribution in [0, 0.1) is 0 Å². The van der Waals surface area contributed by atoms with Gasteiger partial charge in [-0.25, -0.2) is 4.79 Å². The number of hydrogen-bond donors (Lipinski definition) is 0. The van der Waals surface area contributed by atoms with Gasteiger partial charge in [-0.3, -0.25) is 0 Å². The molecule has 0 aromatic heterocycles. The number of hydrogen-bond acceptors (Lipinski definition) is 3. The highest BCUT2D eigenvalue weighted by Crippen LogP contribution is 2.34. The lowest BCUT2D eigenvalue weighted by Crippen LogP contribution is -2.07. The van der Waals surface area contributed by atoms with Gasteiger partial charge < -0.3 is 4.74 Å². The molecule has 0 saturated heterocycles. The first-order chi connectivity index (χ1) is 6.29. The number of ether oxygens (including phenoxy) is 1. The highest BCUT2D eigenvalue weighted by Gasteiger charge is 2.21. The number of rotatable bonds is 4.